The van der Waals surface area contributed by atoms with Crippen molar-refractivity contribution >= 4 is 17.8 Å². The molecule has 3 aliphatic rings. The lowest BCUT2D eigenvalue weighted by atomic mass is 9.89. The first-order valence-corrected chi connectivity index (χ1v) is 16.9. The van der Waals surface area contributed by atoms with Crippen molar-refractivity contribution in [2.24, 2.45) is 0 Å². The number of ether oxygens (including phenoxy) is 3. The first-order chi connectivity index (χ1) is 21.7. The summed E-state index contributed by atoms with van der Waals surface area (Å²) in [6, 6.07) is 15.3. The third kappa shape index (κ3) is 9.44. The molecule has 2 heterocycles. The number of anilines is 1. The molecule has 3 fully saturated rings. The SMILES string of the molecule is COc1ccc(C2CCN(C(=O)N3CCC(Nc4ccc(CCNC(=O)OC(C)(C)C)cc4)CC3)CC2)cc1OC1CCCC1. The fourth-order valence-corrected chi connectivity index (χ4v) is 6.67. The Labute approximate surface area is 269 Å². The molecule has 0 atom stereocenters. The highest BCUT2D eigenvalue weighted by Crippen LogP contribution is 2.37. The Morgan fingerprint density at radius 1 is 0.844 bits per heavy atom. The van der Waals surface area contributed by atoms with E-state index in [0.29, 0.717) is 24.6 Å². The number of nitrogens with zero attached hydrogens (tertiary/aromatic N) is 2. The van der Waals surface area contributed by atoms with Crippen LogP contribution in [0, 0.1) is 0 Å². The van der Waals surface area contributed by atoms with Crippen LogP contribution in [0.15, 0.2) is 42.5 Å². The van der Waals surface area contributed by atoms with Crippen molar-refractivity contribution < 1.29 is 23.8 Å². The largest absolute Gasteiger partial charge is 0.493 e. The zero-order chi connectivity index (χ0) is 31.8. The highest BCUT2D eigenvalue weighted by Gasteiger charge is 2.30. The van der Waals surface area contributed by atoms with Gasteiger partial charge >= 0.3 is 12.1 Å². The topological polar surface area (TPSA) is 92.4 Å². The van der Waals surface area contributed by atoms with E-state index in [9.17, 15) is 9.59 Å². The normalized spacial score (nSPS) is 18.5. The molecule has 246 valence electrons. The van der Waals surface area contributed by atoms with Gasteiger partial charge in [0.2, 0.25) is 0 Å². The van der Waals surface area contributed by atoms with Crippen LogP contribution in [-0.2, 0) is 11.2 Å². The molecule has 0 radical (unpaired) electrons. The molecule has 45 heavy (non-hydrogen) atoms. The van der Waals surface area contributed by atoms with E-state index in [2.05, 4.69) is 47.0 Å². The highest BCUT2D eigenvalue weighted by atomic mass is 16.6. The van der Waals surface area contributed by atoms with Gasteiger partial charge in [0.05, 0.1) is 13.2 Å². The summed E-state index contributed by atoms with van der Waals surface area (Å²) >= 11 is 0. The number of methoxy groups -OCH3 is 1. The summed E-state index contributed by atoms with van der Waals surface area (Å²) in [6.45, 7) is 9.21. The molecule has 2 N–H and O–H groups in total. The highest BCUT2D eigenvalue weighted by molar-refractivity contribution is 5.74. The number of rotatable bonds is 9. The van der Waals surface area contributed by atoms with Crippen molar-refractivity contribution in [3.8, 4) is 11.5 Å². The number of amides is 3. The van der Waals surface area contributed by atoms with Gasteiger partial charge in [0.25, 0.3) is 0 Å². The summed E-state index contributed by atoms with van der Waals surface area (Å²) in [6.07, 6.45) is 9.14. The van der Waals surface area contributed by atoms with Gasteiger partial charge in [-0.05, 0) is 120 Å². The van der Waals surface area contributed by atoms with Crippen LogP contribution in [0.1, 0.15) is 89.2 Å². The van der Waals surface area contributed by atoms with Gasteiger partial charge in [-0.15, -0.1) is 0 Å². The van der Waals surface area contributed by atoms with E-state index in [1.54, 1.807) is 7.11 Å². The van der Waals surface area contributed by atoms with Crippen molar-refractivity contribution in [2.75, 3.05) is 45.2 Å². The van der Waals surface area contributed by atoms with Gasteiger partial charge in [-0.3, -0.25) is 0 Å². The second-order valence-electron chi connectivity index (χ2n) is 13.8. The number of alkyl carbamates (subject to hydrolysis) is 1. The number of hydrogen-bond donors (Lipinski definition) is 2. The summed E-state index contributed by atoms with van der Waals surface area (Å²) < 4.78 is 17.2. The Balaban J connectivity index is 1.02. The number of hydrogen-bond acceptors (Lipinski definition) is 6. The Hall–Kier alpha value is -3.62. The van der Waals surface area contributed by atoms with E-state index in [1.807, 2.05) is 36.6 Å². The lowest BCUT2D eigenvalue weighted by Gasteiger charge is -2.39. The Morgan fingerprint density at radius 3 is 2.11 bits per heavy atom. The van der Waals surface area contributed by atoms with E-state index in [4.69, 9.17) is 14.2 Å². The molecule has 1 aliphatic carbocycles. The number of likely N-dealkylation sites (tertiary alicyclic amines) is 2. The average molecular weight is 621 g/mol. The molecule has 2 saturated heterocycles. The molecule has 9 heteroatoms. The van der Waals surface area contributed by atoms with Crippen LogP contribution in [-0.4, -0.2) is 79.5 Å². The second-order valence-corrected chi connectivity index (χ2v) is 13.8. The number of nitrogens with one attached hydrogen (secondary N) is 2. The molecule has 2 aliphatic heterocycles. The van der Waals surface area contributed by atoms with Crippen molar-refractivity contribution in [3.63, 3.8) is 0 Å². The van der Waals surface area contributed by atoms with Gasteiger partial charge in [-0.2, -0.15) is 0 Å². The van der Waals surface area contributed by atoms with Crippen LogP contribution in [0.3, 0.4) is 0 Å². The van der Waals surface area contributed by atoms with Gasteiger partial charge in [0.1, 0.15) is 5.60 Å². The fraction of sp³-hybridized carbons (Fsp3) is 0.611. The van der Waals surface area contributed by atoms with Crippen LogP contribution >= 0.6 is 0 Å². The van der Waals surface area contributed by atoms with Gasteiger partial charge in [0.15, 0.2) is 11.5 Å². The molecule has 1 saturated carbocycles. The lowest BCUT2D eigenvalue weighted by Crippen LogP contribution is -2.50. The summed E-state index contributed by atoms with van der Waals surface area (Å²) in [4.78, 5) is 29.3. The van der Waals surface area contributed by atoms with Crippen LogP contribution in [0.2, 0.25) is 0 Å². The first-order valence-electron chi connectivity index (χ1n) is 16.9. The van der Waals surface area contributed by atoms with Crippen molar-refractivity contribution in [3.05, 3.63) is 53.6 Å². The standard InChI is InChI=1S/C36H52N4O5/c1-36(2,3)45-34(41)37-20-15-26-9-12-29(13-10-26)38-30-18-23-40(24-19-30)35(42)39-21-16-27(17-22-39)28-11-14-32(43-4)33(25-28)44-31-7-5-6-8-31/h9-14,25,27,30-31,38H,5-8,15-24H2,1-4H3,(H,37,41). The van der Waals surface area contributed by atoms with Gasteiger partial charge in [-0.1, -0.05) is 18.2 Å². The Morgan fingerprint density at radius 2 is 1.49 bits per heavy atom. The monoisotopic (exact) mass is 620 g/mol. The Bertz CT molecular complexity index is 1260. The van der Waals surface area contributed by atoms with E-state index in [0.717, 1.165) is 93.9 Å². The average Bonchev–Trinajstić information content (AvgIpc) is 3.54. The molecule has 0 spiro atoms. The van der Waals surface area contributed by atoms with Crippen molar-refractivity contribution in [1.82, 2.24) is 15.1 Å². The van der Waals surface area contributed by atoms with Gasteiger partial charge in [0, 0.05) is 44.5 Å². The quantitative estimate of drug-likeness (QED) is 0.315. The molecular formula is C36H52N4O5. The molecule has 5 rings (SSSR count). The van der Waals surface area contributed by atoms with Crippen LogP contribution in [0.25, 0.3) is 0 Å². The van der Waals surface area contributed by atoms with E-state index in [-0.39, 0.29) is 12.1 Å². The molecule has 2 aromatic rings. The number of carbonyl (C=O) groups excluding carboxylic acids is 2. The number of urea groups is 1. The Kier molecular flexibility index (Phi) is 11.0. The van der Waals surface area contributed by atoms with Gasteiger partial charge in [-0.25, -0.2) is 9.59 Å². The molecular weight excluding hydrogens is 568 g/mol. The summed E-state index contributed by atoms with van der Waals surface area (Å²) in [5, 5.41) is 6.46. The molecule has 9 nitrogen and oxygen atoms in total. The van der Waals surface area contributed by atoms with E-state index < -0.39 is 5.60 Å². The predicted molar refractivity (Wildman–Crippen MR) is 177 cm³/mol. The van der Waals surface area contributed by atoms with Crippen LogP contribution in [0.5, 0.6) is 11.5 Å². The third-order valence-corrected chi connectivity index (χ3v) is 9.19. The fourth-order valence-electron chi connectivity index (χ4n) is 6.67. The van der Waals surface area contributed by atoms with Crippen molar-refractivity contribution in [2.45, 2.75) is 102 Å². The van der Waals surface area contributed by atoms with Crippen LogP contribution < -0.4 is 20.1 Å². The number of piperidine rings is 2. The second kappa shape index (κ2) is 15.1. The minimum Gasteiger partial charge on any atom is -0.493 e. The molecule has 0 unspecified atom stereocenters. The molecule has 0 aromatic heterocycles. The first kappa shape index (κ1) is 32.8. The molecule has 0 bridgehead atoms. The van der Waals surface area contributed by atoms with Crippen molar-refractivity contribution in [1.29, 1.82) is 0 Å². The van der Waals surface area contributed by atoms with Gasteiger partial charge < -0.3 is 34.6 Å². The molecule has 3 amide bonds. The smallest absolute Gasteiger partial charge is 0.407 e. The number of benzene rings is 2. The minimum atomic E-state index is -0.495. The molecule has 2 aromatic carbocycles. The zero-order valence-corrected chi connectivity index (χ0v) is 27.6. The summed E-state index contributed by atoms with van der Waals surface area (Å²) in [7, 11) is 1.70. The minimum absolute atomic E-state index is 0.177. The maximum atomic E-state index is 13.4. The maximum absolute atomic E-state index is 13.4. The predicted octanol–water partition coefficient (Wildman–Crippen LogP) is 6.96. The van der Waals surface area contributed by atoms with E-state index in [1.165, 1.54) is 18.4 Å². The lowest BCUT2D eigenvalue weighted by molar-refractivity contribution is 0.0528. The number of carbonyl (C=O) groups is 2. The van der Waals surface area contributed by atoms with Crippen LogP contribution in [0.4, 0.5) is 15.3 Å². The third-order valence-electron chi connectivity index (χ3n) is 9.19. The summed E-state index contributed by atoms with van der Waals surface area (Å²) in [5.41, 5.74) is 3.03. The van der Waals surface area contributed by atoms with E-state index >= 15 is 0 Å². The maximum Gasteiger partial charge on any atom is 0.407 e. The zero-order valence-electron chi connectivity index (χ0n) is 27.6. The summed E-state index contributed by atoms with van der Waals surface area (Å²) in [5.74, 6) is 2.09.